The number of aromatic carboxylic acids is 1. The molecule has 2 amide bonds. The quantitative estimate of drug-likeness (QED) is 0.633. The molecule has 1 aliphatic heterocycles. The van der Waals surface area contributed by atoms with Gasteiger partial charge in [0.25, 0.3) is 5.91 Å². The van der Waals surface area contributed by atoms with E-state index in [1.54, 1.807) is 11.0 Å². The molecule has 0 aromatic heterocycles. The molecular formula is C22H30N3O5+. The van der Waals surface area contributed by atoms with Gasteiger partial charge in [-0.3, -0.25) is 14.5 Å². The molecule has 1 heterocycles. The van der Waals surface area contributed by atoms with Crippen molar-refractivity contribution in [3.05, 3.63) is 23.8 Å². The maximum absolute atomic E-state index is 13.1. The highest BCUT2D eigenvalue weighted by Crippen LogP contribution is 2.39. The van der Waals surface area contributed by atoms with Crippen molar-refractivity contribution in [2.24, 2.45) is 5.92 Å². The van der Waals surface area contributed by atoms with Crippen molar-refractivity contribution in [1.29, 1.82) is 0 Å². The first-order chi connectivity index (χ1) is 14.5. The van der Waals surface area contributed by atoms with Crippen LogP contribution >= 0.6 is 0 Å². The van der Waals surface area contributed by atoms with Gasteiger partial charge >= 0.3 is 5.97 Å². The molecule has 8 heteroatoms. The largest absolute Gasteiger partial charge is 0.478 e. The van der Waals surface area contributed by atoms with E-state index in [1.165, 1.54) is 17.0 Å². The molecule has 0 saturated heterocycles. The van der Waals surface area contributed by atoms with Gasteiger partial charge in [0.1, 0.15) is 6.54 Å². The van der Waals surface area contributed by atoms with E-state index < -0.39 is 5.97 Å². The van der Waals surface area contributed by atoms with Crippen LogP contribution in [0.4, 0.5) is 11.4 Å². The van der Waals surface area contributed by atoms with Crippen LogP contribution in [0.1, 0.15) is 55.3 Å². The number of hydrogen-bond acceptors (Lipinski definition) is 4. The summed E-state index contributed by atoms with van der Waals surface area (Å²) in [5.74, 6) is -1.19. The van der Waals surface area contributed by atoms with Gasteiger partial charge in [0.2, 0.25) is 5.91 Å². The standard InChI is InChI=1S/C22H29N3O5/c26-13-15-4-1-2-7-17(15)23-11-20(27)24-12-21(28)25(16-5-3-6-16)18-9-8-14(22(29)30)10-19(18)24/h8-10,15-17,23,26H,1-7,11-13H2,(H,29,30)/p+1/t15-,17?/m0/s1. The summed E-state index contributed by atoms with van der Waals surface area (Å²) in [6, 6.07) is 4.98. The molecule has 2 fully saturated rings. The van der Waals surface area contributed by atoms with Crippen molar-refractivity contribution < 1.29 is 29.9 Å². The van der Waals surface area contributed by atoms with Gasteiger partial charge in [0.15, 0.2) is 6.54 Å². The molecule has 2 saturated carbocycles. The molecule has 2 aliphatic carbocycles. The molecule has 0 bridgehead atoms. The Morgan fingerprint density at radius 2 is 1.83 bits per heavy atom. The van der Waals surface area contributed by atoms with Crippen molar-refractivity contribution >= 4 is 29.2 Å². The third kappa shape index (κ3) is 3.94. The van der Waals surface area contributed by atoms with Gasteiger partial charge in [-0.15, -0.1) is 0 Å². The Morgan fingerprint density at radius 3 is 2.50 bits per heavy atom. The Morgan fingerprint density at radius 1 is 1.07 bits per heavy atom. The maximum Gasteiger partial charge on any atom is 0.335 e. The van der Waals surface area contributed by atoms with Gasteiger partial charge in [-0.25, -0.2) is 4.79 Å². The Balaban J connectivity index is 1.56. The topological polar surface area (TPSA) is 115 Å². The first kappa shape index (κ1) is 20.8. The minimum absolute atomic E-state index is 0.0622. The van der Waals surface area contributed by atoms with Gasteiger partial charge in [-0.2, -0.15) is 0 Å². The normalized spacial score (nSPS) is 24.4. The van der Waals surface area contributed by atoms with E-state index in [2.05, 4.69) is 0 Å². The van der Waals surface area contributed by atoms with Gasteiger partial charge in [-0.1, -0.05) is 6.42 Å². The lowest BCUT2D eigenvalue weighted by Crippen LogP contribution is -2.94. The number of quaternary nitrogens is 1. The summed E-state index contributed by atoms with van der Waals surface area (Å²) in [5.41, 5.74) is 1.23. The van der Waals surface area contributed by atoms with Crippen LogP contribution in [0.15, 0.2) is 18.2 Å². The Hall–Kier alpha value is -2.45. The number of anilines is 2. The molecule has 4 N–H and O–H groups in total. The van der Waals surface area contributed by atoms with E-state index in [1.807, 2.05) is 5.32 Å². The van der Waals surface area contributed by atoms with Crippen molar-refractivity contribution in [3.8, 4) is 0 Å². The zero-order valence-electron chi connectivity index (χ0n) is 17.1. The summed E-state index contributed by atoms with van der Waals surface area (Å²) < 4.78 is 0. The minimum atomic E-state index is -1.06. The Labute approximate surface area is 175 Å². The Bertz CT molecular complexity index is 838. The molecule has 8 nitrogen and oxygen atoms in total. The number of carbonyl (C=O) groups excluding carboxylic acids is 2. The lowest BCUT2D eigenvalue weighted by Gasteiger charge is -2.43. The fraction of sp³-hybridized carbons (Fsp3) is 0.591. The first-order valence-corrected chi connectivity index (χ1v) is 10.9. The lowest BCUT2D eigenvalue weighted by molar-refractivity contribution is -0.688. The predicted octanol–water partition coefficient (Wildman–Crippen LogP) is 0.731. The minimum Gasteiger partial charge on any atom is -0.478 e. The van der Waals surface area contributed by atoms with Crippen LogP contribution in [0.2, 0.25) is 0 Å². The number of aliphatic hydroxyl groups is 1. The molecule has 2 atom stereocenters. The van der Waals surface area contributed by atoms with Crippen LogP contribution < -0.4 is 15.1 Å². The van der Waals surface area contributed by atoms with E-state index >= 15 is 0 Å². The highest BCUT2D eigenvalue weighted by atomic mass is 16.4. The van der Waals surface area contributed by atoms with Crippen molar-refractivity contribution in [3.63, 3.8) is 0 Å². The number of rotatable bonds is 6. The lowest BCUT2D eigenvalue weighted by atomic mass is 9.85. The van der Waals surface area contributed by atoms with Gasteiger partial charge in [0, 0.05) is 12.0 Å². The van der Waals surface area contributed by atoms with Crippen LogP contribution in [-0.4, -0.2) is 59.8 Å². The second-order valence-corrected chi connectivity index (χ2v) is 8.67. The average Bonchev–Trinajstić information content (AvgIpc) is 2.72. The summed E-state index contributed by atoms with van der Waals surface area (Å²) in [4.78, 5) is 40.7. The smallest absolute Gasteiger partial charge is 0.335 e. The van der Waals surface area contributed by atoms with Crippen molar-refractivity contribution in [1.82, 2.24) is 0 Å². The summed E-state index contributed by atoms with van der Waals surface area (Å²) in [5, 5.41) is 21.0. The summed E-state index contributed by atoms with van der Waals surface area (Å²) in [7, 11) is 0. The van der Waals surface area contributed by atoms with Crippen LogP contribution in [-0.2, 0) is 9.59 Å². The number of carbonyl (C=O) groups is 3. The van der Waals surface area contributed by atoms with Crippen LogP contribution in [0.5, 0.6) is 0 Å². The van der Waals surface area contributed by atoms with E-state index in [0.717, 1.165) is 44.9 Å². The van der Waals surface area contributed by atoms with E-state index in [-0.39, 0.29) is 55.1 Å². The number of benzene rings is 1. The molecule has 1 aromatic carbocycles. The van der Waals surface area contributed by atoms with Gasteiger partial charge in [0.05, 0.1) is 29.6 Å². The van der Waals surface area contributed by atoms with E-state index in [0.29, 0.717) is 11.4 Å². The number of carboxylic acids is 1. The molecular weight excluding hydrogens is 386 g/mol. The highest BCUT2D eigenvalue weighted by molar-refractivity contribution is 6.12. The Kier molecular flexibility index (Phi) is 6.06. The molecule has 3 aliphatic rings. The monoisotopic (exact) mass is 416 g/mol. The van der Waals surface area contributed by atoms with Gasteiger partial charge in [-0.05, 0) is 56.7 Å². The molecule has 162 valence electrons. The maximum atomic E-state index is 13.1. The molecule has 1 aromatic rings. The zero-order chi connectivity index (χ0) is 21.3. The molecule has 0 radical (unpaired) electrons. The number of nitrogens with zero attached hydrogens (tertiary/aromatic N) is 2. The second kappa shape index (κ2) is 8.73. The zero-order valence-corrected chi connectivity index (χ0v) is 17.1. The summed E-state index contributed by atoms with van der Waals surface area (Å²) in [6.07, 6.45) is 7.06. The van der Waals surface area contributed by atoms with Crippen molar-refractivity contribution in [2.45, 2.75) is 57.0 Å². The van der Waals surface area contributed by atoms with E-state index in [4.69, 9.17) is 0 Å². The third-order valence-electron chi connectivity index (χ3n) is 6.87. The predicted molar refractivity (Wildman–Crippen MR) is 111 cm³/mol. The number of carboxylic acid groups (broad SMARTS) is 1. The molecule has 0 spiro atoms. The average molecular weight is 416 g/mol. The SMILES string of the molecule is O=C(O)c1ccc2c(c1)N(C(=O)C[NH2+]C1CCCC[C@H]1CO)CC(=O)N2C1CCC1. The van der Waals surface area contributed by atoms with Crippen molar-refractivity contribution in [2.75, 3.05) is 29.5 Å². The molecule has 4 rings (SSSR count). The fourth-order valence-corrected chi connectivity index (χ4v) is 4.91. The number of hydrogen-bond donors (Lipinski definition) is 3. The third-order valence-corrected chi connectivity index (χ3v) is 6.87. The number of aliphatic hydroxyl groups excluding tert-OH is 1. The molecule has 30 heavy (non-hydrogen) atoms. The number of fused-ring (bicyclic) bond motifs is 1. The number of nitrogens with two attached hydrogens (primary N) is 1. The number of amides is 2. The van der Waals surface area contributed by atoms with Crippen LogP contribution in [0, 0.1) is 5.92 Å². The second-order valence-electron chi connectivity index (χ2n) is 8.67. The van der Waals surface area contributed by atoms with Gasteiger partial charge < -0.3 is 20.4 Å². The summed E-state index contributed by atoms with van der Waals surface area (Å²) >= 11 is 0. The fourth-order valence-electron chi connectivity index (χ4n) is 4.91. The van der Waals surface area contributed by atoms with E-state index in [9.17, 15) is 24.6 Å². The highest BCUT2D eigenvalue weighted by Gasteiger charge is 2.39. The van der Waals surface area contributed by atoms with Crippen LogP contribution in [0.3, 0.4) is 0 Å². The molecule has 1 unspecified atom stereocenters. The summed E-state index contributed by atoms with van der Waals surface area (Å²) in [6.45, 7) is 0.237. The first-order valence-electron chi connectivity index (χ1n) is 10.9. The van der Waals surface area contributed by atoms with Crippen LogP contribution in [0.25, 0.3) is 0 Å².